The number of nitrogens with one attached hydrogen (secondary N) is 1. The van der Waals surface area contributed by atoms with Crippen molar-refractivity contribution in [1.29, 1.82) is 0 Å². The molecule has 0 aromatic heterocycles. The second kappa shape index (κ2) is 5.05. The Bertz CT molecular complexity index is 492. The standard InChI is InChI=1S/C12H12N2O2S/c1-16-9-5-3-8(4-6-9)7-10-11(15)14-12(13-10)17-2/h3-7H,1-2H3,(H,13,14,15)/b10-7+. The zero-order chi connectivity index (χ0) is 12.3. The van der Waals surface area contributed by atoms with E-state index in [1.165, 1.54) is 11.8 Å². The third-order valence-corrected chi connectivity index (χ3v) is 2.87. The first-order chi connectivity index (χ1) is 8.22. The van der Waals surface area contributed by atoms with Gasteiger partial charge >= 0.3 is 0 Å². The van der Waals surface area contributed by atoms with E-state index in [1.54, 1.807) is 13.2 Å². The summed E-state index contributed by atoms with van der Waals surface area (Å²) in [6, 6.07) is 7.45. The molecular formula is C12H12N2O2S. The Morgan fingerprint density at radius 1 is 1.35 bits per heavy atom. The largest absolute Gasteiger partial charge is 0.497 e. The molecule has 2 rings (SSSR count). The summed E-state index contributed by atoms with van der Waals surface area (Å²) in [6.45, 7) is 0. The maximum atomic E-state index is 11.5. The molecule has 0 atom stereocenters. The lowest BCUT2D eigenvalue weighted by Gasteiger charge is -1.99. The highest BCUT2D eigenvalue weighted by molar-refractivity contribution is 8.13. The summed E-state index contributed by atoms with van der Waals surface area (Å²) in [5.41, 5.74) is 1.35. The van der Waals surface area contributed by atoms with E-state index in [-0.39, 0.29) is 5.91 Å². The first-order valence-corrected chi connectivity index (χ1v) is 6.25. The van der Waals surface area contributed by atoms with Gasteiger partial charge in [-0.2, -0.15) is 0 Å². The van der Waals surface area contributed by atoms with E-state index in [1.807, 2.05) is 30.5 Å². The lowest BCUT2D eigenvalue weighted by atomic mass is 10.2. The summed E-state index contributed by atoms with van der Waals surface area (Å²) >= 11 is 1.41. The molecule has 1 aliphatic rings. The first-order valence-electron chi connectivity index (χ1n) is 5.02. The molecule has 0 unspecified atom stereocenters. The molecule has 0 saturated carbocycles. The maximum Gasteiger partial charge on any atom is 0.275 e. The monoisotopic (exact) mass is 248 g/mol. The van der Waals surface area contributed by atoms with Gasteiger partial charge in [-0.3, -0.25) is 10.1 Å². The lowest BCUT2D eigenvalue weighted by molar-refractivity contribution is -0.115. The lowest BCUT2D eigenvalue weighted by Crippen LogP contribution is -2.21. The van der Waals surface area contributed by atoms with Gasteiger partial charge in [-0.1, -0.05) is 23.9 Å². The number of nitrogens with zero attached hydrogens (tertiary/aromatic N) is 1. The van der Waals surface area contributed by atoms with Gasteiger partial charge < -0.3 is 4.74 Å². The van der Waals surface area contributed by atoms with Crippen LogP contribution in [-0.4, -0.2) is 24.4 Å². The molecule has 0 saturated heterocycles. The van der Waals surface area contributed by atoms with Crippen molar-refractivity contribution in [3.8, 4) is 5.75 Å². The predicted octanol–water partition coefficient (Wildman–Crippen LogP) is 1.88. The zero-order valence-electron chi connectivity index (χ0n) is 9.56. The molecular weight excluding hydrogens is 236 g/mol. The van der Waals surface area contributed by atoms with Gasteiger partial charge in [0.1, 0.15) is 11.4 Å². The normalized spacial score (nSPS) is 16.9. The molecule has 1 heterocycles. The quantitative estimate of drug-likeness (QED) is 0.813. The molecule has 88 valence electrons. The summed E-state index contributed by atoms with van der Waals surface area (Å²) in [5, 5.41) is 3.31. The van der Waals surface area contributed by atoms with Gasteiger partial charge in [0.15, 0.2) is 5.17 Å². The third-order valence-electron chi connectivity index (χ3n) is 2.29. The fraction of sp³-hybridized carbons (Fsp3) is 0.167. The van der Waals surface area contributed by atoms with E-state index in [4.69, 9.17) is 4.74 Å². The zero-order valence-corrected chi connectivity index (χ0v) is 10.4. The summed E-state index contributed by atoms with van der Waals surface area (Å²) in [7, 11) is 1.62. The van der Waals surface area contributed by atoms with Crippen LogP contribution in [0.3, 0.4) is 0 Å². The van der Waals surface area contributed by atoms with E-state index >= 15 is 0 Å². The number of thioether (sulfide) groups is 1. The van der Waals surface area contributed by atoms with Crippen molar-refractivity contribution in [2.75, 3.05) is 13.4 Å². The van der Waals surface area contributed by atoms with Crippen LogP contribution in [0.1, 0.15) is 5.56 Å². The smallest absolute Gasteiger partial charge is 0.275 e. The maximum absolute atomic E-state index is 11.5. The molecule has 0 aliphatic carbocycles. The number of hydrogen-bond donors (Lipinski definition) is 1. The average Bonchev–Trinajstić information content (AvgIpc) is 2.71. The number of benzene rings is 1. The minimum atomic E-state index is -0.162. The third kappa shape index (κ3) is 2.68. The van der Waals surface area contributed by atoms with Crippen LogP contribution in [0.15, 0.2) is 35.0 Å². The molecule has 1 N–H and O–H groups in total. The van der Waals surface area contributed by atoms with E-state index in [0.29, 0.717) is 10.9 Å². The fourth-order valence-electron chi connectivity index (χ4n) is 1.40. The molecule has 1 aromatic rings. The summed E-state index contributed by atoms with van der Waals surface area (Å²) in [4.78, 5) is 15.7. The van der Waals surface area contributed by atoms with E-state index in [0.717, 1.165) is 11.3 Å². The van der Waals surface area contributed by atoms with Crippen molar-refractivity contribution in [3.63, 3.8) is 0 Å². The van der Waals surface area contributed by atoms with Crippen LogP contribution < -0.4 is 10.1 Å². The summed E-state index contributed by atoms with van der Waals surface area (Å²) in [5.74, 6) is 0.626. The van der Waals surface area contributed by atoms with Crippen LogP contribution in [0.4, 0.5) is 0 Å². The van der Waals surface area contributed by atoms with Crippen molar-refractivity contribution in [3.05, 3.63) is 35.5 Å². The number of amides is 1. The highest BCUT2D eigenvalue weighted by atomic mass is 32.2. The van der Waals surface area contributed by atoms with Crippen LogP contribution in [0.25, 0.3) is 6.08 Å². The van der Waals surface area contributed by atoms with Gasteiger partial charge in [0, 0.05) is 0 Å². The van der Waals surface area contributed by atoms with Crippen LogP contribution in [0.5, 0.6) is 5.75 Å². The Morgan fingerprint density at radius 2 is 2.06 bits per heavy atom. The molecule has 1 aromatic carbocycles. The number of ether oxygens (including phenoxy) is 1. The minimum Gasteiger partial charge on any atom is -0.497 e. The number of carbonyl (C=O) groups is 1. The van der Waals surface area contributed by atoms with E-state index in [2.05, 4.69) is 10.3 Å². The average molecular weight is 248 g/mol. The van der Waals surface area contributed by atoms with Crippen LogP contribution in [0, 0.1) is 0 Å². The van der Waals surface area contributed by atoms with Crippen molar-refractivity contribution in [2.24, 2.45) is 4.99 Å². The van der Waals surface area contributed by atoms with Gasteiger partial charge in [0.25, 0.3) is 5.91 Å². The molecule has 1 amide bonds. The van der Waals surface area contributed by atoms with Crippen molar-refractivity contribution < 1.29 is 9.53 Å². The molecule has 5 heteroatoms. The molecule has 4 nitrogen and oxygen atoms in total. The van der Waals surface area contributed by atoms with Gasteiger partial charge in [-0.25, -0.2) is 4.99 Å². The first kappa shape index (κ1) is 11.7. The summed E-state index contributed by atoms with van der Waals surface area (Å²) in [6.07, 6.45) is 3.62. The SMILES string of the molecule is COc1ccc(/C=C2/N=C(SC)NC2=O)cc1. The molecule has 0 spiro atoms. The Morgan fingerprint density at radius 3 is 2.59 bits per heavy atom. The molecule has 0 bridgehead atoms. The molecule has 17 heavy (non-hydrogen) atoms. The van der Waals surface area contributed by atoms with Crippen LogP contribution in [0.2, 0.25) is 0 Å². The van der Waals surface area contributed by atoms with Gasteiger partial charge in [-0.15, -0.1) is 0 Å². The number of rotatable bonds is 2. The number of methoxy groups -OCH3 is 1. The highest BCUT2D eigenvalue weighted by Crippen LogP contribution is 2.17. The highest BCUT2D eigenvalue weighted by Gasteiger charge is 2.18. The van der Waals surface area contributed by atoms with Gasteiger partial charge in [0.05, 0.1) is 7.11 Å². The number of carbonyl (C=O) groups excluding carboxylic acids is 1. The second-order valence-electron chi connectivity index (χ2n) is 3.38. The fourth-order valence-corrected chi connectivity index (χ4v) is 1.79. The van der Waals surface area contributed by atoms with Crippen LogP contribution in [-0.2, 0) is 4.79 Å². The molecule has 1 aliphatic heterocycles. The Kier molecular flexibility index (Phi) is 3.49. The van der Waals surface area contributed by atoms with Crippen LogP contribution >= 0.6 is 11.8 Å². The predicted molar refractivity (Wildman–Crippen MR) is 70.1 cm³/mol. The van der Waals surface area contributed by atoms with E-state index < -0.39 is 0 Å². The van der Waals surface area contributed by atoms with Gasteiger partial charge in [-0.05, 0) is 30.0 Å². The molecule has 0 fully saturated rings. The number of aliphatic imine (C=N–C) groups is 1. The van der Waals surface area contributed by atoms with Crippen molar-refractivity contribution >= 4 is 28.9 Å². The Balaban J connectivity index is 2.23. The number of hydrogen-bond acceptors (Lipinski definition) is 4. The topological polar surface area (TPSA) is 50.7 Å². The number of amidine groups is 1. The second-order valence-corrected chi connectivity index (χ2v) is 4.17. The summed E-state index contributed by atoms with van der Waals surface area (Å²) < 4.78 is 5.06. The Labute approximate surface area is 104 Å². The van der Waals surface area contributed by atoms with E-state index in [9.17, 15) is 4.79 Å². The Hall–Kier alpha value is -1.75. The molecule has 0 radical (unpaired) electrons. The van der Waals surface area contributed by atoms with Gasteiger partial charge in [0.2, 0.25) is 0 Å². The van der Waals surface area contributed by atoms with Crippen molar-refractivity contribution in [1.82, 2.24) is 5.32 Å². The van der Waals surface area contributed by atoms with Crippen molar-refractivity contribution in [2.45, 2.75) is 0 Å². The minimum absolute atomic E-state index is 0.162.